The lowest BCUT2D eigenvalue weighted by Gasteiger charge is -2.13. The van der Waals surface area contributed by atoms with Gasteiger partial charge in [0, 0.05) is 14.3 Å². The Morgan fingerprint density at radius 3 is 1.79 bits per heavy atom. The zero-order valence-electron chi connectivity index (χ0n) is 12.3. The van der Waals surface area contributed by atoms with Crippen LogP contribution in [0, 0.1) is 3.57 Å². The van der Waals surface area contributed by atoms with E-state index in [-0.39, 0.29) is 0 Å². The number of halogens is 4. The summed E-state index contributed by atoms with van der Waals surface area (Å²) in [4.78, 5) is 0. The molecule has 0 aliphatic carbocycles. The summed E-state index contributed by atoms with van der Waals surface area (Å²) in [5.74, 6) is 0. The lowest BCUT2D eigenvalue weighted by Crippen LogP contribution is -2.06. The topological polar surface area (TPSA) is 4.93 Å². The molecule has 0 saturated carbocycles. The van der Waals surface area contributed by atoms with E-state index in [0.29, 0.717) is 3.57 Å². The second-order valence-electron chi connectivity index (χ2n) is 5.53. The van der Waals surface area contributed by atoms with Crippen molar-refractivity contribution in [2.45, 2.75) is 6.18 Å². The summed E-state index contributed by atoms with van der Waals surface area (Å²) in [6.45, 7) is 0. The minimum absolute atomic E-state index is 0.564. The Morgan fingerprint density at radius 2 is 1.29 bits per heavy atom. The molecule has 0 fully saturated rings. The largest absolute Gasteiger partial charge is 0.416 e. The summed E-state index contributed by atoms with van der Waals surface area (Å²) in [5, 5.41) is 2.17. The van der Waals surface area contributed by atoms with Gasteiger partial charge in [-0.25, -0.2) is 0 Å². The van der Waals surface area contributed by atoms with Crippen molar-refractivity contribution in [2.75, 3.05) is 0 Å². The van der Waals surface area contributed by atoms with E-state index in [1.807, 2.05) is 75.7 Å². The van der Waals surface area contributed by atoms with Gasteiger partial charge in [0.2, 0.25) is 0 Å². The fourth-order valence-electron chi connectivity index (χ4n) is 3.05. The summed E-state index contributed by atoms with van der Waals surface area (Å²) < 4.78 is 41.4. The second kappa shape index (κ2) is 5.51. The highest BCUT2D eigenvalue weighted by Crippen LogP contribution is 2.36. The number of para-hydroxylation sites is 2. The molecule has 0 radical (unpaired) electrons. The van der Waals surface area contributed by atoms with Crippen molar-refractivity contribution in [1.82, 2.24) is 4.57 Å². The van der Waals surface area contributed by atoms with E-state index in [1.165, 1.54) is 6.07 Å². The molecule has 4 rings (SSSR count). The van der Waals surface area contributed by atoms with Crippen molar-refractivity contribution < 1.29 is 13.2 Å². The molecule has 0 saturated heterocycles. The van der Waals surface area contributed by atoms with Crippen molar-refractivity contribution in [3.63, 3.8) is 0 Å². The van der Waals surface area contributed by atoms with Crippen molar-refractivity contribution in [2.24, 2.45) is 0 Å². The summed E-state index contributed by atoms with van der Waals surface area (Å²) in [7, 11) is 0. The highest BCUT2D eigenvalue weighted by molar-refractivity contribution is 14.1. The molecule has 0 amide bonds. The number of aromatic nitrogens is 1. The summed E-state index contributed by atoms with van der Waals surface area (Å²) in [6.07, 6.45) is -4.33. The van der Waals surface area contributed by atoms with Crippen LogP contribution in [-0.2, 0) is 6.18 Å². The summed E-state index contributed by atoms with van der Waals surface area (Å²) >= 11 is 1.97. The number of nitrogens with zero attached hydrogens (tertiary/aromatic N) is 1. The maximum Gasteiger partial charge on any atom is 0.416 e. The molecular formula is C19H11F3IN. The minimum atomic E-state index is -4.33. The molecule has 0 unspecified atom stereocenters. The Bertz CT molecular complexity index is 1010. The Labute approximate surface area is 149 Å². The Balaban J connectivity index is 2.06. The van der Waals surface area contributed by atoms with Crippen LogP contribution in [0.3, 0.4) is 0 Å². The van der Waals surface area contributed by atoms with Gasteiger partial charge < -0.3 is 4.57 Å². The predicted octanol–water partition coefficient (Wildman–Crippen LogP) is 6.41. The smallest absolute Gasteiger partial charge is 0.308 e. The van der Waals surface area contributed by atoms with Gasteiger partial charge >= 0.3 is 6.18 Å². The molecule has 0 aliphatic rings. The van der Waals surface area contributed by atoms with Gasteiger partial charge in [-0.1, -0.05) is 36.4 Å². The first-order chi connectivity index (χ1) is 11.5. The second-order valence-corrected chi connectivity index (χ2v) is 6.70. The average molecular weight is 437 g/mol. The number of alkyl halides is 3. The van der Waals surface area contributed by atoms with Gasteiger partial charge in [-0.15, -0.1) is 0 Å². The van der Waals surface area contributed by atoms with Gasteiger partial charge in [-0.2, -0.15) is 13.2 Å². The third-order valence-corrected chi connectivity index (χ3v) is 4.96. The number of hydrogen-bond acceptors (Lipinski definition) is 0. The van der Waals surface area contributed by atoms with Gasteiger partial charge in [-0.05, 0) is 52.9 Å². The first-order valence-corrected chi connectivity index (χ1v) is 8.40. The minimum Gasteiger partial charge on any atom is -0.308 e. The van der Waals surface area contributed by atoms with E-state index < -0.39 is 11.7 Å². The molecule has 0 spiro atoms. The van der Waals surface area contributed by atoms with Crippen molar-refractivity contribution in [3.05, 3.63) is 75.9 Å². The highest BCUT2D eigenvalue weighted by atomic mass is 127. The lowest BCUT2D eigenvalue weighted by molar-refractivity contribution is -0.137. The maximum absolute atomic E-state index is 12.9. The third-order valence-electron chi connectivity index (χ3n) is 4.10. The van der Waals surface area contributed by atoms with E-state index in [1.54, 1.807) is 6.07 Å². The van der Waals surface area contributed by atoms with Crippen molar-refractivity contribution in [1.29, 1.82) is 0 Å². The molecule has 1 nitrogen and oxygen atoms in total. The van der Waals surface area contributed by atoms with E-state index >= 15 is 0 Å². The summed E-state index contributed by atoms with van der Waals surface area (Å²) in [5.41, 5.74) is 2.09. The monoisotopic (exact) mass is 437 g/mol. The van der Waals surface area contributed by atoms with E-state index in [4.69, 9.17) is 0 Å². The van der Waals surface area contributed by atoms with Crippen LogP contribution in [0.2, 0.25) is 0 Å². The van der Waals surface area contributed by atoms with Crippen LogP contribution in [0.15, 0.2) is 66.7 Å². The van der Waals surface area contributed by atoms with E-state index in [9.17, 15) is 13.2 Å². The van der Waals surface area contributed by atoms with Gasteiger partial charge in [-0.3, -0.25) is 0 Å². The normalized spacial score (nSPS) is 12.2. The molecule has 0 aliphatic heterocycles. The summed E-state index contributed by atoms with van der Waals surface area (Å²) in [6, 6.07) is 19.7. The molecular weight excluding hydrogens is 426 g/mol. The number of fused-ring (bicyclic) bond motifs is 3. The van der Waals surface area contributed by atoms with E-state index in [2.05, 4.69) is 0 Å². The van der Waals surface area contributed by atoms with Crippen LogP contribution in [-0.4, -0.2) is 4.57 Å². The molecule has 120 valence electrons. The zero-order chi connectivity index (χ0) is 16.9. The average Bonchev–Trinajstić information content (AvgIpc) is 2.89. The standard InChI is InChI=1S/C19H11F3IN/c20-19(21,22)12-9-10-18(15(23)11-12)24-16-7-3-1-5-13(16)14-6-2-4-8-17(14)24/h1-11H. The lowest BCUT2D eigenvalue weighted by atomic mass is 10.2. The molecule has 0 bridgehead atoms. The highest BCUT2D eigenvalue weighted by Gasteiger charge is 2.31. The first kappa shape index (κ1) is 15.5. The van der Waals surface area contributed by atoms with Crippen LogP contribution < -0.4 is 0 Å². The number of rotatable bonds is 1. The molecule has 0 atom stereocenters. The van der Waals surface area contributed by atoms with Crippen LogP contribution >= 0.6 is 22.6 Å². The Kier molecular flexibility index (Phi) is 3.56. The molecule has 5 heteroatoms. The van der Waals surface area contributed by atoms with Crippen molar-refractivity contribution >= 4 is 44.4 Å². The molecule has 1 aromatic heterocycles. The number of hydrogen-bond donors (Lipinski definition) is 0. The van der Waals surface area contributed by atoms with Crippen molar-refractivity contribution in [3.8, 4) is 5.69 Å². The Morgan fingerprint density at radius 1 is 0.750 bits per heavy atom. The quantitative estimate of drug-likeness (QED) is 0.304. The van der Waals surface area contributed by atoms with Crippen LogP contribution in [0.1, 0.15) is 5.56 Å². The molecule has 24 heavy (non-hydrogen) atoms. The fourth-order valence-corrected chi connectivity index (χ4v) is 3.80. The zero-order valence-corrected chi connectivity index (χ0v) is 14.5. The van der Waals surface area contributed by atoms with Gasteiger partial charge in [0.05, 0.1) is 22.3 Å². The van der Waals surface area contributed by atoms with Gasteiger partial charge in [0.25, 0.3) is 0 Å². The van der Waals surface area contributed by atoms with Crippen LogP contribution in [0.5, 0.6) is 0 Å². The first-order valence-electron chi connectivity index (χ1n) is 7.32. The Hall–Kier alpha value is -2.02. The SMILES string of the molecule is FC(F)(F)c1ccc(-n2c3ccccc3c3ccccc32)c(I)c1. The molecule has 4 aromatic rings. The van der Waals surface area contributed by atoms with E-state index in [0.717, 1.165) is 33.6 Å². The predicted molar refractivity (Wildman–Crippen MR) is 98.5 cm³/mol. The maximum atomic E-state index is 12.9. The molecule has 3 aromatic carbocycles. The van der Waals surface area contributed by atoms with Crippen LogP contribution in [0.4, 0.5) is 13.2 Å². The van der Waals surface area contributed by atoms with Gasteiger partial charge in [0.1, 0.15) is 0 Å². The van der Waals surface area contributed by atoms with Crippen LogP contribution in [0.25, 0.3) is 27.5 Å². The molecule has 0 N–H and O–H groups in total. The fraction of sp³-hybridized carbons (Fsp3) is 0.0526. The molecule has 1 heterocycles. The number of benzene rings is 3. The third kappa shape index (κ3) is 2.38. The van der Waals surface area contributed by atoms with Gasteiger partial charge in [0.15, 0.2) is 0 Å².